The molecule has 2 fully saturated rings. The van der Waals surface area contributed by atoms with Gasteiger partial charge in [-0.3, -0.25) is 4.90 Å². The monoisotopic (exact) mass is 307 g/mol. The van der Waals surface area contributed by atoms with Crippen LogP contribution in [0.4, 0.5) is 5.69 Å². The van der Waals surface area contributed by atoms with E-state index in [1.807, 2.05) is 12.1 Å². The molecule has 1 aromatic rings. The van der Waals surface area contributed by atoms with Crippen molar-refractivity contribution in [3.63, 3.8) is 0 Å². The Labute approximate surface area is 126 Å². The Morgan fingerprint density at radius 1 is 1.19 bits per heavy atom. The van der Waals surface area contributed by atoms with Crippen molar-refractivity contribution in [2.24, 2.45) is 0 Å². The number of hydrogen-bond acceptors (Lipinski definition) is 4. The first-order valence-corrected chi connectivity index (χ1v) is 9.19. The third-order valence-corrected chi connectivity index (χ3v) is 6.84. The van der Waals surface area contributed by atoms with Crippen LogP contribution in [0, 0.1) is 0 Å². The molecule has 1 aromatic carbocycles. The van der Waals surface area contributed by atoms with Crippen molar-refractivity contribution in [3.05, 3.63) is 23.8 Å². The van der Waals surface area contributed by atoms with Crippen molar-refractivity contribution >= 4 is 15.7 Å². The Bertz CT molecular complexity index is 659. The first kappa shape index (κ1) is 13.5. The fraction of sp³-hybridized carbons (Fsp3) is 0.600. The van der Waals surface area contributed by atoms with Gasteiger partial charge in [-0.15, -0.1) is 0 Å². The van der Waals surface area contributed by atoms with E-state index in [9.17, 15) is 8.42 Å². The Balaban J connectivity index is 1.61. The van der Waals surface area contributed by atoms with E-state index in [0.29, 0.717) is 24.0 Å². The average molecular weight is 307 g/mol. The summed E-state index contributed by atoms with van der Waals surface area (Å²) in [6.07, 6.45) is 3.23. The minimum Gasteiger partial charge on any atom is -0.384 e. The smallest absolute Gasteiger partial charge is 0.243 e. The summed E-state index contributed by atoms with van der Waals surface area (Å²) in [5.74, 6) is 0. The van der Waals surface area contributed by atoms with Crippen molar-refractivity contribution in [2.75, 3.05) is 38.0 Å². The lowest BCUT2D eigenvalue weighted by molar-refractivity contribution is 0.158. The van der Waals surface area contributed by atoms with Crippen molar-refractivity contribution in [1.29, 1.82) is 0 Å². The quantitative estimate of drug-likeness (QED) is 0.890. The van der Waals surface area contributed by atoms with Gasteiger partial charge in [0.15, 0.2) is 0 Å². The van der Waals surface area contributed by atoms with Crippen molar-refractivity contribution in [2.45, 2.75) is 30.2 Å². The molecule has 1 atom stereocenters. The molecule has 3 heterocycles. The topological polar surface area (TPSA) is 52.7 Å². The molecular formula is C15H21N3O2S. The van der Waals surface area contributed by atoms with Crippen molar-refractivity contribution in [3.8, 4) is 0 Å². The fourth-order valence-corrected chi connectivity index (χ4v) is 5.29. The van der Waals surface area contributed by atoms with Gasteiger partial charge in [0.1, 0.15) is 0 Å². The normalized spacial score (nSPS) is 26.4. The second kappa shape index (κ2) is 4.97. The van der Waals surface area contributed by atoms with Crippen LogP contribution < -0.4 is 5.32 Å². The van der Waals surface area contributed by atoms with Gasteiger partial charge in [0.25, 0.3) is 0 Å². The molecule has 0 bridgehead atoms. The number of anilines is 1. The van der Waals surface area contributed by atoms with E-state index in [-0.39, 0.29) is 0 Å². The molecule has 6 heteroatoms. The van der Waals surface area contributed by atoms with Gasteiger partial charge in [0, 0.05) is 37.9 Å². The number of nitrogens with zero attached hydrogens (tertiary/aromatic N) is 2. The lowest BCUT2D eigenvalue weighted by Crippen LogP contribution is -2.51. The molecule has 0 amide bonds. The standard InChI is InChI=1S/C15H21N3O2S/c19-21(20,14-3-4-15-12(10-14)5-6-16-15)18-9-8-17-7-1-2-13(17)11-18/h3-4,10,13,16H,1-2,5-9,11H2. The molecule has 0 radical (unpaired) electrons. The number of sulfonamides is 1. The van der Waals surface area contributed by atoms with Crippen LogP contribution >= 0.6 is 0 Å². The van der Waals surface area contributed by atoms with Gasteiger partial charge in [-0.25, -0.2) is 8.42 Å². The first-order valence-electron chi connectivity index (χ1n) is 7.75. The van der Waals surface area contributed by atoms with Crippen LogP contribution in [0.5, 0.6) is 0 Å². The second-order valence-corrected chi connectivity index (χ2v) is 8.13. The molecule has 0 saturated carbocycles. The fourth-order valence-electron chi connectivity index (χ4n) is 3.77. The molecular weight excluding hydrogens is 286 g/mol. The number of rotatable bonds is 2. The first-order chi connectivity index (χ1) is 10.1. The summed E-state index contributed by atoms with van der Waals surface area (Å²) in [4.78, 5) is 2.88. The molecule has 1 unspecified atom stereocenters. The number of fused-ring (bicyclic) bond motifs is 2. The van der Waals surface area contributed by atoms with Gasteiger partial charge in [-0.2, -0.15) is 4.31 Å². The van der Waals surface area contributed by atoms with Gasteiger partial charge in [0.2, 0.25) is 10.0 Å². The van der Waals surface area contributed by atoms with E-state index < -0.39 is 10.0 Å². The lowest BCUT2D eigenvalue weighted by atomic mass is 10.2. The van der Waals surface area contributed by atoms with Crippen molar-refractivity contribution < 1.29 is 8.42 Å². The Morgan fingerprint density at radius 2 is 2.10 bits per heavy atom. The van der Waals surface area contributed by atoms with E-state index in [1.165, 1.54) is 6.42 Å². The van der Waals surface area contributed by atoms with Gasteiger partial charge in [-0.05, 0) is 49.6 Å². The third-order valence-electron chi connectivity index (χ3n) is 4.97. The highest BCUT2D eigenvalue weighted by Gasteiger charge is 2.36. The zero-order chi connectivity index (χ0) is 14.4. The van der Waals surface area contributed by atoms with Crippen LogP contribution in [0.1, 0.15) is 18.4 Å². The van der Waals surface area contributed by atoms with Crippen molar-refractivity contribution in [1.82, 2.24) is 9.21 Å². The highest BCUT2D eigenvalue weighted by molar-refractivity contribution is 7.89. The lowest BCUT2D eigenvalue weighted by Gasteiger charge is -2.36. The Kier molecular flexibility index (Phi) is 3.20. The second-order valence-electron chi connectivity index (χ2n) is 6.19. The summed E-state index contributed by atoms with van der Waals surface area (Å²) in [6, 6.07) is 5.92. The van der Waals surface area contributed by atoms with Crippen LogP contribution in [-0.4, -0.2) is 56.4 Å². The predicted molar refractivity (Wildman–Crippen MR) is 82.0 cm³/mol. The Morgan fingerprint density at radius 3 is 3.00 bits per heavy atom. The van der Waals surface area contributed by atoms with Gasteiger partial charge < -0.3 is 5.32 Å². The molecule has 3 aliphatic rings. The van der Waals surface area contributed by atoms with E-state index in [4.69, 9.17) is 0 Å². The maximum Gasteiger partial charge on any atom is 0.243 e. The average Bonchev–Trinajstić information content (AvgIpc) is 3.14. The summed E-state index contributed by atoms with van der Waals surface area (Å²) in [5.41, 5.74) is 2.20. The predicted octanol–water partition coefficient (Wildman–Crippen LogP) is 1.12. The van der Waals surface area contributed by atoms with Crippen LogP contribution in [-0.2, 0) is 16.4 Å². The molecule has 4 rings (SSSR count). The summed E-state index contributed by atoms with van der Waals surface area (Å²) >= 11 is 0. The zero-order valence-corrected chi connectivity index (χ0v) is 12.9. The van der Waals surface area contributed by atoms with Crippen LogP contribution in [0.3, 0.4) is 0 Å². The number of piperazine rings is 1. The maximum atomic E-state index is 12.9. The van der Waals surface area contributed by atoms with Gasteiger partial charge >= 0.3 is 0 Å². The van der Waals surface area contributed by atoms with E-state index in [1.54, 1.807) is 10.4 Å². The van der Waals surface area contributed by atoms with Crippen LogP contribution in [0.15, 0.2) is 23.1 Å². The molecule has 3 aliphatic heterocycles. The summed E-state index contributed by atoms with van der Waals surface area (Å²) in [7, 11) is -3.34. The van der Waals surface area contributed by atoms with E-state index in [0.717, 1.165) is 43.7 Å². The van der Waals surface area contributed by atoms with E-state index >= 15 is 0 Å². The maximum absolute atomic E-state index is 12.9. The minimum atomic E-state index is -3.34. The Hall–Kier alpha value is -1.11. The largest absolute Gasteiger partial charge is 0.384 e. The molecule has 0 spiro atoms. The summed E-state index contributed by atoms with van der Waals surface area (Å²) in [5, 5.41) is 3.27. The van der Waals surface area contributed by atoms with Gasteiger partial charge in [0.05, 0.1) is 4.90 Å². The molecule has 5 nitrogen and oxygen atoms in total. The molecule has 2 saturated heterocycles. The third kappa shape index (κ3) is 2.25. The van der Waals surface area contributed by atoms with Crippen LogP contribution in [0.25, 0.3) is 0 Å². The summed E-state index contributed by atoms with van der Waals surface area (Å²) < 4.78 is 27.4. The van der Waals surface area contributed by atoms with Crippen LogP contribution in [0.2, 0.25) is 0 Å². The molecule has 1 N–H and O–H groups in total. The molecule has 114 valence electrons. The number of nitrogens with one attached hydrogen (secondary N) is 1. The zero-order valence-electron chi connectivity index (χ0n) is 12.1. The molecule has 0 aromatic heterocycles. The van der Waals surface area contributed by atoms with E-state index in [2.05, 4.69) is 10.2 Å². The highest BCUT2D eigenvalue weighted by atomic mass is 32.2. The highest BCUT2D eigenvalue weighted by Crippen LogP contribution is 2.29. The molecule has 21 heavy (non-hydrogen) atoms. The molecule has 0 aliphatic carbocycles. The van der Waals surface area contributed by atoms with Gasteiger partial charge in [-0.1, -0.05) is 0 Å². The summed E-state index contributed by atoms with van der Waals surface area (Å²) in [6.45, 7) is 4.17. The minimum absolute atomic E-state index is 0.421. The number of benzene rings is 1. The number of hydrogen-bond donors (Lipinski definition) is 1. The SMILES string of the molecule is O=S(=O)(c1ccc2c(c1)CCN2)N1CCN2CCCC2C1.